The molecule has 1 aliphatic rings. The van der Waals surface area contributed by atoms with E-state index in [1.54, 1.807) is 12.1 Å². The third-order valence-corrected chi connectivity index (χ3v) is 5.83. The number of thiazole rings is 1. The minimum Gasteiger partial charge on any atom is -0.339 e. The van der Waals surface area contributed by atoms with E-state index in [0.29, 0.717) is 28.9 Å². The Hall–Kier alpha value is -0.560. The lowest BCUT2D eigenvalue weighted by Crippen LogP contribution is -2.35. The van der Waals surface area contributed by atoms with E-state index >= 15 is 0 Å². The average Bonchev–Trinajstić information content (AvgIpc) is 3.13. The summed E-state index contributed by atoms with van der Waals surface area (Å²) in [5.41, 5.74) is 7.34. The van der Waals surface area contributed by atoms with E-state index in [4.69, 9.17) is 28.9 Å². The van der Waals surface area contributed by atoms with Crippen LogP contribution in [0.1, 0.15) is 19.0 Å². The molecule has 1 aromatic carbocycles. The predicted molar refractivity (Wildman–Crippen MR) is 114 cm³/mol. The third kappa shape index (κ3) is 5.24. The summed E-state index contributed by atoms with van der Waals surface area (Å²) in [6.45, 7) is 3.45. The van der Waals surface area contributed by atoms with Crippen LogP contribution < -0.4 is 5.73 Å². The highest BCUT2D eigenvalue weighted by atomic mass is 35.5. The van der Waals surface area contributed by atoms with Gasteiger partial charge in [-0.15, -0.1) is 36.2 Å². The summed E-state index contributed by atoms with van der Waals surface area (Å²) in [4.78, 5) is 19.0. The molecule has 9 heteroatoms. The molecule has 1 amide bonds. The van der Waals surface area contributed by atoms with Gasteiger partial charge in [0.25, 0.3) is 0 Å². The van der Waals surface area contributed by atoms with Gasteiger partial charge in [-0.1, -0.05) is 23.2 Å². The average molecular weight is 457 g/mol. The van der Waals surface area contributed by atoms with E-state index in [1.165, 1.54) is 11.3 Å². The van der Waals surface area contributed by atoms with Crippen molar-refractivity contribution in [1.82, 2.24) is 9.88 Å². The van der Waals surface area contributed by atoms with Crippen molar-refractivity contribution in [3.63, 3.8) is 0 Å². The first kappa shape index (κ1) is 23.5. The van der Waals surface area contributed by atoms with Crippen LogP contribution in [0.5, 0.6) is 0 Å². The van der Waals surface area contributed by atoms with Gasteiger partial charge in [0, 0.05) is 28.6 Å². The molecule has 0 radical (unpaired) electrons. The largest absolute Gasteiger partial charge is 0.339 e. The number of hydrogen-bond donors (Lipinski definition) is 1. The molecule has 0 aliphatic carbocycles. The van der Waals surface area contributed by atoms with Crippen molar-refractivity contribution in [3.05, 3.63) is 39.3 Å². The maximum Gasteiger partial charge on any atom is 0.228 e. The van der Waals surface area contributed by atoms with Crippen LogP contribution in [0.15, 0.2) is 23.6 Å². The Morgan fingerprint density at radius 2 is 2.12 bits per heavy atom. The highest BCUT2D eigenvalue weighted by molar-refractivity contribution is 7.13. The number of carbonyl (C=O) groups excluding carboxylic acids is 1. The van der Waals surface area contributed by atoms with Crippen molar-refractivity contribution in [3.8, 4) is 10.6 Å². The molecule has 2 N–H and O–H groups in total. The lowest BCUT2D eigenvalue weighted by Gasteiger charge is -2.21. The molecule has 0 spiro atoms. The Morgan fingerprint density at radius 3 is 2.73 bits per heavy atom. The molecule has 1 saturated heterocycles. The summed E-state index contributed by atoms with van der Waals surface area (Å²) in [6.07, 6.45) is 1.29. The molecule has 144 valence electrons. The second-order valence-corrected chi connectivity index (χ2v) is 7.88. The fourth-order valence-electron chi connectivity index (χ4n) is 3.09. The number of hydrogen-bond acceptors (Lipinski definition) is 4. The van der Waals surface area contributed by atoms with Gasteiger partial charge in [0.2, 0.25) is 5.91 Å². The summed E-state index contributed by atoms with van der Waals surface area (Å²) in [6, 6.07) is 5.58. The lowest BCUT2D eigenvalue weighted by molar-refractivity contribution is -0.131. The van der Waals surface area contributed by atoms with E-state index in [-0.39, 0.29) is 36.8 Å². The number of likely N-dealkylation sites (tertiary alicyclic amines) is 1. The summed E-state index contributed by atoms with van der Waals surface area (Å²) >= 11 is 13.6. The summed E-state index contributed by atoms with van der Waals surface area (Å²) < 4.78 is 0. The van der Waals surface area contributed by atoms with Crippen molar-refractivity contribution < 1.29 is 4.79 Å². The first-order valence-electron chi connectivity index (χ1n) is 7.87. The highest BCUT2D eigenvalue weighted by Crippen LogP contribution is 2.32. The van der Waals surface area contributed by atoms with Crippen molar-refractivity contribution in [1.29, 1.82) is 0 Å². The standard InChI is InChI=1S/C17H19Cl2N3OS.2ClH/c1-10-4-11(7-20)8-22(10)16(23)6-13-9-24-17(21-13)14-3-2-12(18)5-15(14)19;;/h2-3,5,9-11H,4,6-8,20H2,1H3;2*1H. The van der Waals surface area contributed by atoms with Crippen LogP contribution in [0, 0.1) is 5.92 Å². The zero-order valence-corrected chi connectivity index (χ0v) is 18.1. The van der Waals surface area contributed by atoms with Crippen LogP contribution in [0.25, 0.3) is 10.6 Å². The summed E-state index contributed by atoms with van der Waals surface area (Å²) in [7, 11) is 0. The van der Waals surface area contributed by atoms with E-state index in [2.05, 4.69) is 11.9 Å². The summed E-state index contributed by atoms with van der Waals surface area (Å²) in [5.74, 6) is 0.514. The molecule has 1 aliphatic heterocycles. The maximum absolute atomic E-state index is 12.6. The zero-order chi connectivity index (χ0) is 17.3. The Labute approximate surface area is 179 Å². The number of aromatic nitrogens is 1. The smallest absolute Gasteiger partial charge is 0.228 e. The zero-order valence-electron chi connectivity index (χ0n) is 14.2. The molecule has 2 unspecified atom stereocenters. The molecule has 2 heterocycles. The van der Waals surface area contributed by atoms with Gasteiger partial charge < -0.3 is 10.6 Å². The Balaban J connectivity index is 0.00000169. The van der Waals surface area contributed by atoms with Crippen molar-refractivity contribution in [2.45, 2.75) is 25.8 Å². The molecule has 1 fully saturated rings. The molecule has 26 heavy (non-hydrogen) atoms. The quantitative estimate of drug-likeness (QED) is 0.725. The van der Waals surface area contributed by atoms with Crippen molar-refractivity contribution in [2.75, 3.05) is 13.1 Å². The van der Waals surface area contributed by atoms with Gasteiger partial charge in [0.1, 0.15) is 5.01 Å². The number of carbonyl (C=O) groups is 1. The van der Waals surface area contributed by atoms with Crippen LogP contribution in [-0.2, 0) is 11.2 Å². The van der Waals surface area contributed by atoms with E-state index in [1.807, 2.05) is 16.3 Å². The molecular formula is C17H21Cl4N3OS. The number of nitrogens with two attached hydrogens (primary N) is 1. The number of rotatable bonds is 4. The van der Waals surface area contributed by atoms with Crippen molar-refractivity contribution >= 4 is 65.3 Å². The minimum absolute atomic E-state index is 0. The second-order valence-electron chi connectivity index (χ2n) is 6.18. The number of benzene rings is 1. The molecule has 3 rings (SSSR count). The molecule has 4 nitrogen and oxygen atoms in total. The molecule has 2 aromatic rings. The van der Waals surface area contributed by atoms with Gasteiger partial charge in [-0.3, -0.25) is 4.79 Å². The minimum atomic E-state index is 0. The van der Waals surface area contributed by atoms with Gasteiger partial charge in [0.05, 0.1) is 17.1 Å². The number of nitrogens with zero attached hydrogens (tertiary/aromatic N) is 2. The lowest BCUT2D eigenvalue weighted by atomic mass is 10.1. The van der Waals surface area contributed by atoms with Gasteiger partial charge in [-0.05, 0) is 44.0 Å². The number of amides is 1. The molecular weight excluding hydrogens is 436 g/mol. The first-order valence-corrected chi connectivity index (χ1v) is 9.51. The number of halogens is 4. The van der Waals surface area contributed by atoms with Crippen LogP contribution >= 0.6 is 59.4 Å². The molecule has 2 atom stereocenters. The second kappa shape index (κ2) is 10.1. The fraction of sp³-hybridized carbons (Fsp3) is 0.412. The van der Waals surface area contributed by atoms with Gasteiger partial charge >= 0.3 is 0 Å². The fourth-order valence-corrected chi connectivity index (χ4v) is 4.50. The third-order valence-electron chi connectivity index (χ3n) is 4.36. The molecule has 0 saturated carbocycles. The maximum atomic E-state index is 12.6. The van der Waals surface area contributed by atoms with Gasteiger partial charge in [-0.2, -0.15) is 0 Å². The Kier molecular flexibility index (Phi) is 9.13. The van der Waals surface area contributed by atoms with Gasteiger partial charge in [0.15, 0.2) is 0 Å². The van der Waals surface area contributed by atoms with Crippen molar-refractivity contribution in [2.24, 2.45) is 11.7 Å². The predicted octanol–water partition coefficient (Wildman–Crippen LogP) is 4.70. The molecule has 1 aromatic heterocycles. The Morgan fingerprint density at radius 1 is 1.38 bits per heavy atom. The topological polar surface area (TPSA) is 59.2 Å². The monoisotopic (exact) mass is 455 g/mol. The van der Waals surface area contributed by atoms with E-state index in [9.17, 15) is 4.79 Å². The van der Waals surface area contributed by atoms with Crippen LogP contribution in [0.4, 0.5) is 0 Å². The van der Waals surface area contributed by atoms with E-state index in [0.717, 1.165) is 29.2 Å². The summed E-state index contributed by atoms with van der Waals surface area (Å²) in [5, 5.41) is 3.87. The Bertz CT molecular complexity index is 755. The van der Waals surface area contributed by atoms with Crippen LogP contribution in [0.3, 0.4) is 0 Å². The SMILES string of the molecule is CC1CC(CN)CN1C(=O)Cc1csc(-c2ccc(Cl)cc2Cl)n1.Cl.Cl. The van der Waals surface area contributed by atoms with Crippen LogP contribution in [-0.4, -0.2) is 34.9 Å². The van der Waals surface area contributed by atoms with Gasteiger partial charge in [-0.25, -0.2) is 4.98 Å². The van der Waals surface area contributed by atoms with E-state index < -0.39 is 0 Å². The normalized spacial score (nSPS) is 19.0. The highest BCUT2D eigenvalue weighted by Gasteiger charge is 2.31. The molecule has 0 bridgehead atoms. The first-order chi connectivity index (χ1) is 11.5. The van der Waals surface area contributed by atoms with Crippen LogP contribution in [0.2, 0.25) is 10.0 Å².